The van der Waals surface area contributed by atoms with Crippen LogP contribution in [0, 0.1) is 0 Å². The van der Waals surface area contributed by atoms with Crippen LogP contribution in [-0.2, 0) is 11.3 Å². The summed E-state index contributed by atoms with van der Waals surface area (Å²) in [5.41, 5.74) is 6.87. The third-order valence-electron chi connectivity index (χ3n) is 2.46. The molecular formula is C11H15ClN2O. The number of carbonyl (C=O) groups is 1. The van der Waals surface area contributed by atoms with Crippen LogP contribution in [0.4, 0.5) is 0 Å². The Labute approximate surface area is 95.7 Å². The van der Waals surface area contributed by atoms with Crippen LogP contribution in [0.2, 0.25) is 0 Å². The molecule has 0 saturated carbocycles. The van der Waals surface area contributed by atoms with E-state index in [-0.39, 0.29) is 24.4 Å². The van der Waals surface area contributed by atoms with Gasteiger partial charge in [0.05, 0.1) is 0 Å². The maximum absolute atomic E-state index is 11.4. The van der Waals surface area contributed by atoms with Crippen molar-refractivity contribution in [3.05, 3.63) is 35.9 Å². The third-order valence-corrected chi connectivity index (χ3v) is 2.46. The first-order valence-electron chi connectivity index (χ1n) is 4.83. The smallest absolute Gasteiger partial charge is 0.224 e. The summed E-state index contributed by atoms with van der Waals surface area (Å²) in [6.07, 6.45) is 0.493. The van der Waals surface area contributed by atoms with E-state index >= 15 is 0 Å². The molecule has 1 aromatic rings. The molecule has 0 spiro atoms. The van der Waals surface area contributed by atoms with Crippen LogP contribution in [-0.4, -0.2) is 23.4 Å². The number of hydrogen-bond acceptors (Lipinski definition) is 2. The highest BCUT2D eigenvalue weighted by molar-refractivity contribution is 5.85. The molecule has 82 valence electrons. The summed E-state index contributed by atoms with van der Waals surface area (Å²) >= 11 is 0. The molecule has 15 heavy (non-hydrogen) atoms. The van der Waals surface area contributed by atoms with E-state index in [1.165, 1.54) is 0 Å². The Morgan fingerprint density at radius 3 is 2.53 bits per heavy atom. The molecule has 3 nitrogen and oxygen atoms in total. The maximum Gasteiger partial charge on any atom is 0.224 e. The monoisotopic (exact) mass is 226 g/mol. The zero-order valence-electron chi connectivity index (χ0n) is 8.43. The van der Waals surface area contributed by atoms with Gasteiger partial charge in [-0.15, -0.1) is 12.4 Å². The molecule has 4 heteroatoms. The molecular weight excluding hydrogens is 212 g/mol. The Bertz CT molecular complexity index is 329. The van der Waals surface area contributed by atoms with E-state index in [2.05, 4.69) is 0 Å². The van der Waals surface area contributed by atoms with Crippen molar-refractivity contribution in [1.29, 1.82) is 0 Å². The lowest BCUT2D eigenvalue weighted by Gasteiger charge is -2.15. The molecule has 1 aliphatic heterocycles. The topological polar surface area (TPSA) is 46.3 Å². The minimum absolute atomic E-state index is 0. The highest BCUT2D eigenvalue weighted by Gasteiger charge is 2.26. The van der Waals surface area contributed by atoms with Crippen LogP contribution in [0.25, 0.3) is 0 Å². The summed E-state index contributed by atoms with van der Waals surface area (Å²) in [7, 11) is 0. The highest BCUT2D eigenvalue weighted by atomic mass is 35.5. The minimum atomic E-state index is 0. The van der Waals surface area contributed by atoms with Crippen LogP contribution < -0.4 is 5.73 Å². The largest absolute Gasteiger partial charge is 0.337 e. The SMILES string of the molecule is Cl.NC1CC(=O)N(Cc2ccccc2)C1. The van der Waals surface area contributed by atoms with Gasteiger partial charge in [-0.2, -0.15) is 0 Å². The van der Waals surface area contributed by atoms with E-state index in [1.54, 1.807) is 0 Å². The van der Waals surface area contributed by atoms with Crippen LogP contribution in [0.15, 0.2) is 30.3 Å². The lowest BCUT2D eigenvalue weighted by atomic mass is 10.2. The predicted octanol–water partition coefficient (Wildman–Crippen LogP) is 1.17. The quantitative estimate of drug-likeness (QED) is 0.823. The Kier molecular flexibility index (Phi) is 4.12. The Balaban J connectivity index is 0.00000112. The zero-order chi connectivity index (χ0) is 9.97. The fourth-order valence-electron chi connectivity index (χ4n) is 1.76. The fourth-order valence-corrected chi connectivity index (χ4v) is 1.76. The lowest BCUT2D eigenvalue weighted by Crippen LogP contribution is -2.27. The lowest BCUT2D eigenvalue weighted by molar-refractivity contribution is -0.128. The number of likely N-dealkylation sites (tertiary alicyclic amines) is 1. The van der Waals surface area contributed by atoms with Gasteiger partial charge in [-0.25, -0.2) is 0 Å². The van der Waals surface area contributed by atoms with Gasteiger partial charge in [-0.05, 0) is 5.56 Å². The Hall–Kier alpha value is -1.06. The number of benzene rings is 1. The van der Waals surface area contributed by atoms with E-state index in [1.807, 2.05) is 35.2 Å². The highest BCUT2D eigenvalue weighted by Crippen LogP contribution is 2.13. The molecule has 0 bridgehead atoms. The molecule has 1 aromatic carbocycles. The number of halogens is 1. The van der Waals surface area contributed by atoms with Crippen molar-refractivity contribution in [3.63, 3.8) is 0 Å². The van der Waals surface area contributed by atoms with E-state index in [0.29, 0.717) is 19.5 Å². The van der Waals surface area contributed by atoms with Crippen molar-refractivity contribution in [2.45, 2.75) is 19.0 Å². The molecule has 2 N–H and O–H groups in total. The van der Waals surface area contributed by atoms with Gasteiger partial charge in [0.1, 0.15) is 0 Å². The Morgan fingerprint density at radius 1 is 1.33 bits per heavy atom. The van der Waals surface area contributed by atoms with Gasteiger partial charge in [0.25, 0.3) is 0 Å². The summed E-state index contributed by atoms with van der Waals surface area (Å²) in [6, 6.07) is 10.0. The van der Waals surface area contributed by atoms with E-state index in [9.17, 15) is 4.79 Å². The van der Waals surface area contributed by atoms with Crippen molar-refractivity contribution < 1.29 is 4.79 Å². The van der Waals surface area contributed by atoms with Gasteiger partial charge >= 0.3 is 0 Å². The van der Waals surface area contributed by atoms with Crippen LogP contribution >= 0.6 is 12.4 Å². The summed E-state index contributed by atoms with van der Waals surface area (Å²) in [6.45, 7) is 1.38. The summed E-state index contributed by atoms with van der Waals surface area (Å²) in [5.74, 6) is 0.168. The molecule has 0 aromatic heterocycles. The molecule has 0 aliphatic carbocycles. The van der Waals surface area contributed by atoms with Crippen molar-refractivity contribution in [2.24, 2.45) is 5.73 Å². The average Bonchev–Trinajstić information content (AvgIpc) is 2.47. The standard InChI is InChI=1S/C11H14N2O.ClH/c12-10-6-11(14)13(8-10)7-9-4-2-1-3-5-9;/h1-5,10H,6-8,12H2;1H. The Morgan fingerprint density at radius 2 is 2.00 bits per heavy atom. The molecule has 1 heterocycles. The number of amides is 1. The summed E-state index contributed by atoms with van der Waals surface area (Å²) in [4.78, 5) is 13.3. The van der Waals surface area contributed by atoms with Gasteiger partial charge in [-0.3, -0.25) is 4.79 Å². The zero-order valence-corrected chi connectivity index (χ0v) is 9.24. The van der Waals surface area contributed by atoms with Crippen LogP contribution in [0.3, 0.4) is 0 Å². The molecule has 1 unspecified atom stereocenters. The fraction of sp³-hybridized carbons (Fsp3) is 0.364. The second-order valence-corrected chi connectivity index (χ2v) is 3.72. The van der Waals surface area contributed by atoms with Crippen molar-refractivity contribution in [1.82, 2.24) is 4.90 Å². The van der Waals surface area contributed by atoms with E-state index in [0.717, 1.165) is 5.56 Å². The molecule has 1 aliphatic rings. The van der Waals surface area contributed by atoms with Crippen LogP contribution in [0.5, 0.6) is 0 Å². The number of nitrogens with two attached hydrogens (primary N) is 1. The second kappa shape index (κ2) is 5.14. The molecule has 1 amide bonds. The van der Waals surface area contributed by atoms with Crippen molar-refractivity contribution in [2.75, 3.05) is 6.54 Å². The molecule has 0 radical (unpaired) electrons. The number of rotatable bonds is 2. The molecule has 2 rings (SSSR count). The van der Waals surface area contributed by atoms with Crippen LogP contribution in [0.1, 0.15) is 12.0 Å². The normalized spacial score (nSPS) is 20.2. The summed E-state index contributed by atoms with van der Waals surface area (Å²) in [5, 5.41) is 0. The van der Waals surface area contributed by atoms with Gasteiger partial charge in [0.2, 0.25) is 5.91 Å². The average molecular weight is 227 g/mol. The molecule has 1 saturated heterocycles. The van der Waals surface area contributed by atoms with Gasteiger partial charge in [0.15, 0.2) is 0 Å². The minimum Gasteiger partial charge on any atom is -0.337 e. The maximum atomic E-state index is 11.4. The van der Waals surface area contributed by atoms with Gasteiger partial charge in [0, 0.05) is 25.6 Å². The van der Waals surface area contributed by atoms with E-state index < -0.39 is 0 Å². The van der Waals surface area contributed by atoms with Crippen molar-refractivity contribution >= 4 is 18.3 Å². The molecule has 1 fully saturated rings. The van der Waals surface area contributed by atoms with Crippen molar-refractivity contribution in [3.8, 4) is 0 Å². The number of nitrogens with zero attached hydrogens (tertiary/aromatic N) is 1. The number of carbonyl (C=O) groups excluding carboxylic acids is 1. The first kappa shape index (κ1) is 12.0. The first-order valence-corrected chi connectivity index (χ1v) is 4.83. The third kappa shape index (κ3) is 2.94. The first-order chi connectivity index (χ1) is 6.75. The van der Waals surface area contributed by atoms with E-state index in [4.69, 9.17) is 5.73 Å². The van der Waals surface area contributed by atoms with Gasteiger partial charge in [-0.1, -0.05) is 30.3 Å². The summed E-state index contributed by atoms with van der Waals surface area (Å²) < 4.78 is 0. The number of hydrogen-bond donors (Lipinski definition) is 1. The second-order valence-electron chi connectivity index (χ2n) is 3.72. The predicted molar refractivity (Wildman–Crippen MR) is 61.7 cm³/mol. The van der Waals surface area contributed by atoms with Gasteiger partial charge < -0.3 is 10.6 Å². The molecule has 1 atom stereocenters.